The van der Waals surface area contributed by atoms with Crippen LogP contribution in [0.15, 0.2) is 12.4 Å². The number of rotatable bonds is 5. The molecule has 0 fully saturated rings. The Balaban J connectivity index is 2.32. The molecule has 0 aliphatic rings. The molecule has 0 aliphatic carbocycles. The minimum Gasteiger partial charge on any atom is -0.369 e. The summed E-state index contributed by atoms with van der Waals surface area (Å²) < 4.78 is 35.3. The summed E-state index contributed by atoms with van der Waals surface area (Å²) in [6, 6.07) is 1.50. The lowest BCUT2D eigenvalue weighted by Gasteiger charge is -2.07. The fourth-order valence-corrected chi connectivity index (χ4v) is 1.31. The third kappa shape index (κ3) is 5.03. The van der Waals surface area contributed by atoms with E-state index in [1.165, 1.54) is 12.4 Å². The van der Waals surface area contributed by atoms with Crippen molar-refractivity contribution in [1.82, 2.24) is 9.97 Å². The molecule has 9 heteroatoms. The van der Waals surface area contributed by atoms with Gasteiger partial charge in [-0.3, -0.25) is 0 Å². The normalized spacial score (nSPS) is 11.2. The monoisotopic (exact) mass is 253 g/mol. The Morgan fingerprint density at radius 1 is 1.31 bits per heavy atom. The van der Waals surface area contributed by atoms with E-state index in [0.717, 1.165) is 0 Å². The molecule has 90 valence electrons. The van der Waals surface area contributed by atoms with Crippen LogP contribution in [0.25, 0.3) is 0 Å². The first-order valence-corrected chi connectivity index (χ1v) is 5.23. The van der Waals surface area contributed by atoms with E-state index in [-0.39, 0.29) is 24.1 Å². The van der Waals surface area contributed by atoms with Gasteiger partial charge in [-0.1, -0.05) is 0 Å². The summed E-state index contributed by atoms with van der Waals surface area (Å²) in [6.07, 6.45) is 1.26. The van der Waals surface area contributed by atoms with Crippen LogP contribution in [0.4, 0.5) is 24.8 Å². The van der Waals surface area contributed by atoms with Crippen molar-refractivity contribution >= 4 is 23.4 Å². The number of hydrogen-bond acceptors (Lipinski definition) is 6. The van der Waals surface area contributed by atoms with Crippen molar-refractivity contribution in [3.05, 3.63) is 12.4 Å². The summed E-state index contributed by atoms with van der Waals surface area (Å²) in [7, 11) is 0. The molecule has 0 saturated carbocycles. The van der Waals surface area contributed by atoms with Crippen molar-refractivity contribution in [1.29, 1.82) is 0 Å². The van der Waals surface area contributed by atoms with Crippen LogP contribution in [0.5, 0.6) is 0 Å². The van der Waals surface area contributed by atoms with Crippen LogP contribution in [0.3, 0.4) is 0 Å². The quantitative estimate of drug-likeness (QED) is 0.418. The number of nitrogens with zero attached hydrogens (tertiary/aromatic N) is 2. The molecule has 0 amide bonds. The molecule has 0 atom stereocenters. The van der Waals surface area contributed by atoms with E-state index in [1.807, 2.05) is 0 Å². The van der Waals surface area contributed by atoms with Gasteiger partial charge in [0.15, 0.2) is 0 Å². The summed E-state index contributed by atoms with van der Waals surface area (Å²) in [5.41, 5.74) is -1.89. The Morgan fingerprint density at radius 2 is 2.00 bits per heavy atom. The van der Waals surface area contributed by atoms with Gasteiger partial charge in [-0.2, -0.15) is 13.2 Å². The first-order chi connectivity index (χ1) is 7.51. The average Bonchev–Trinajstić information content (AvgIpc) is 2.23. The predicted octanol–water partition coefficient (Wildman–Crippen LogP) is 1.43. The van der Waals surface area contributed by atoms with Crippen LogP contribution in [-0.4, -0.2) is 27.8 Å². The van der Waals surface area contributed by atoms with E-state index >= 15 is 0 Å². The maximum atomic E-state index is 11.8. The minimum absolute atomic E-state index is 0.0835. The average molecular weight is 253 g/mol. The number of thioether (sulfide) groups is 1. The Labute approximate surface area is 94.0 Å². The zero-order valence-electron chi connectivity index (χ0n) is 8.08. The van der Waals surface area contributed by atoms with Gasteiger partial charge >= 0.3 is 5.51 Å². The zero-order chi connectivity index (χ0) is 12.0. The van der Waals surface area contributed by atoms with Gasteiger partial charge in [0, 0.05) is 18.4 Å². The molecule has 0 spiro atoms. The molecule has 0 bridgehead atoms. The van der Waals surface area contributed by atoms with Gasteiger partial charge in [0.2, 0.25) is 0 Å². The van der Waals surface area contributed by atoms with Crippen molar-refractivity contribution in [3.8, 4) is 0 Å². The minimum atomic E-state index is -4.20. The van der Waals surface area contributed by atoms with Gasteiger partial charge in [-0.25, -0.2) is 15.8 Å². The van der Waals surface area contributed by atoms with Crippen LogP contribution in [-0.2, 0) is 0 Å². The summed E-state index contributed by atoms with van der Waals surface area (Å²) in [5.74, 6) is 5.84. The Morgan fingerprint density at radius 3 is 2.62 bits per heavy atom. The first kappa shape index (κ1) is 12.8. The van der Waals surface area contributed by atoms with Crippen molar-refractivity contribution in [3.63, 3.8) is 0 Å². The van der Waals surface area contributed by atoms with Crippen molar-refractivity contribution in [2.45, 2.75) is 5.51 Å². The number of hydrazine groups is 1. The van der Waals surface area contributed by atoms with E-state index in [1.54, 1.807) is 0 Å². The summed E-state index contributed by atoms with van der Waals surface area (Å²) >= 11 is -0.0835. The zero-order valence-corrected chi connectivity index (χ0v) is 8.90. The molecule has 5 nitrogen and oxygen atoms in total. The number of halogens is 3. The highest BCUT2D eigenvalue weighted by molar-refractivity contribution is 8.00. The van der Waals surface area contributed by atoms with Gasteiger partial charge in [-0.15, -0.1) is 0 Å². The van der Waals surface area contributed by atoms with Crippen LogP contribution >= 0.6 is 11.8 Å². The van der Waals surface area contributed by atoms with Crippen LogP contribution in [0, 0.1) is 0 Å². The SMILES string of the molecule is NNc1cc(NCCSC(F)(F)F)ncn1. The molecule has 1 aromatic rings. The Bertz CT molecular complexity index is 332. The van der Waals surface area contributed by atoms with Gasteiger partial charge in [-0.05, 0) is 11.8 Å². The topological polar surface area (TPSA) is 75.9 Å². The highest BCUT2D eigenvalue weighted by Crippen LogP contribution is 2.29. The first-order valence-electron chi connectivity index (χ1n) is 4.24. The van der Waals surface area contributed by atoms with Crippen LogP contribution in [0.1, 0.15) is 0 Å². The number of alkyl halides is 3. The number of aromatic nitrogens is 2. The third-order valence-electron chi connectivity index (χ3n) is 1.49. The molecule has 0 aliphatic heterocycles. The highest BCUT2D eigenvalue weighted by atomic mass is 32.2. The van der Waals surface area contributed by atoms with Gasteiger partial charge in [0.05, 0.1) is 0 Å². The molecule has 0 aromatic carbocycles. The highest BCUT2D eigenvalue weighted by Gasteiger charge is 2.27. The summed E-state index contributed by atoms with van der Waals surface area (Å²) in [5, 5.41) is 2.72. The Kier molecular flexibility index (Phi) is 4.62. The lowest BCUT2D eigenvalue weighted by molar-refractivity contribution is -0.0327. The van der Waals surface area contributed by atoms with Gasteiger partial charge < -0.3 is 10.7 Å². The molecule has 4 N–H and O–H groups in total. The number of hydrogen-bond donors (Lipinski definition) is 3. The molecule has 1 heterocycles. The van der Waals surface area contributed by atoms with E-state index in [2.05, 4.69) is 20.7 Å². The fraction of sp³-hybridized carbons (Fsp3) is 0.429. The van der Waals surface area contributed by atoms with Crippen LogP contribution in [0.2, 0.25) is 0 Å². The second kappa shape index (κ2) is 5.75. The number of nitrogens with one attached hydrogen (secondary N) is 2. The van der Waals surface area contributed by atoms with Crippen molar-refractivity contribution < 1.29 is 13.2 Å². The molecule has 1 aromatic heterocycles. The second-order valence-electron chi connectivity index (χ2n) is 2.65. The second-order valence-corrected chi connectivity index (χ2v) is 3.81. The molecule has 0 radical (unpaired) electrons. The van der Waals surface area contributed by atoms with E-state index < -0.39 is 5.51 Å². The number of anilines is 2. The molecule has 0 unspecified atom stereocenters. The van der Waals surface area contributed by atoms with Gasteiger partial charge in [0.25, 0.3) is 0 Å². The smallest absolute Gasteiger partial charge is 0.369 e. The van der Waals surface area contributed by atoms with Crippen molar-refractivity contribution in [2.24, 2.45) is 5.84 Å². The van der Waals surface area contributed by atoms with Crippen molar-refractivity contribution in [2.75, 3.05) is 23.0 Å². The van der Waals surface area contributed by atoms with Gasteiger partial charge in [0.1, 0.15) is 18.0 Å². The Hall–Kier alpha value is -1.22. The largest absolute Gasteiger partial charge is 0.441 e. The van der Waals surface area contributed by atoms with E-state index in [4.69, 9.17) is 5.84 Å². The number of nitrogens with two attached hydrogens (primary N) is 1. The third-order valence-corrected chi connectivity index (χ3v) is 2.22. The fourth-order valence-electron chi connectivity index (χ4n) is 0.879. The maximum Gasteiger partial charge on any atom is 0.441 e. The lowest BCUT2D eigenvalue weighted by atomic mass is 10.5. The molecule has 1 rings (SSSR count). The maximum absolute atomic E-state index is 11.8. The molecule has 16 heavy (non-hydrogen) atoms. The van der Waals surface area contributed by atoms with E-state index in [9.17, 15) is 13.2 Å². The summed E-state index contributed by atoms with van der Waals surface area (Å²) in [6.45, 7) is 0.158. The molecular formula is C7H10F3N5S. The summed E-state index contributed by atoms with van der Waals surface area (Å²) in [4.78, 5) is 7.57. The molecular weight excluding hydrogens is 243 g/mol. The van der Waals surface area contributed by atoms with Crippen LogP contribution < -0.4 is 16.6 Å². The number of nitrogen functional groups attached to an aromatic ring is 1. The standard InChI is InChI=1S/C7H10F3N5S/c8-7(9,10)16-2-1-12-5-3-6(15-11)14-4-13-5/h3-4H,1-2,11H2,(H2,12,13,14,15). The predicted molar refractivity (Wildman–Crippen MR) is 56.8 cm³/mol. The lowest BCUT2D eigenvalue weighted by Crippen LogP contribution is -2.12. The van der Waals surface area contributed by atoms with E-state index in [0.29, 0.717) is 11.6 Å². The molecule has 0 saturated heterocycles.